The molecule has 0 amide bonds. The summed E-state index contributed by atoms with van der Waals surface area (Å²) in [5.74, 6) is 3.11. The quantitative estimate of drug-likeness (QED) is 0.0745. The van der Waals surface area contributed by atoms with Crippen LogP contribution in [0.2, 0.25) is 0 Å². The van der Waals surface area contributed by atoms with Gasteiger partial charge in [0, 0.05) is 47.3 Å². The second kappa shape index (κ2) is 21.2. The van der Waals surface area contributed by atoms with E-state index in [1.54, 1.807) is 26.4 Å². The zero-order valence-corrected chi connectivity index (χ0v) is 37.5. The number of aromatic nitrogens is 1. The number of hydrogen-bond donors (Lipinski definition) is 1. The maximum atomic E-state index is 13.5. The molecule has 1 N–H and O–H groups in total. The first kappa shape index (κ1) is 46.3. The number of pyridine rings is 1. The summed E-state index contributed by atoms with van der Waals surface area (Å²) >= 11 is 0. The molecule has 1 aromatic heterocycles. The van der Waals surface area contributed by atoms with E-state index in [1.807, 2.05) is 0 Å². The van der Waals surface area contributed by atoms with Crippen LogP contribution in [-0.4, -0.2) is 37.6 Å². The molecule has 2 fully saturated rings. The molecule has 3 aliphatic rings. The Morgan fingerprint density at radius 1 is 0.803 bits per heavy atom. The largest absolute Gasteiger partial charge is 0.493 e. The van der Waals surface area contributed by atoms with Crippen molar-refractivity contribution in [3.63, 3.8) is 0 Å². The third kappa shape index (κ3) is 11.1. The molecule has 61 heavy (non-hydrogen) atoms. The molecular formula is C53H63Cl2FN2O3. The molecule has 0 saturated heterocycles. The van der Waals surface area contributed by atoms with Crippen molar-refractivity contribution in [2.45, 2.75) is 113 Å². The molecule has 8 rings (SSSR count). The summed E-state index contributed by atoms with van der Waals surface area (Å²) in [5, 5.41) is 6.38. The van der Waals surface area contributed by atoms with Crippen molar-refractivity contribution in [1.82, 2.24) is 10.3 Å². The number of hydrogen-bond acceptors (Lipinski definition) is 5. The normalized spacial score (nSPS) is 17.4. The van der Waals surface area contributed by atoms with Gasteiger partial charge in [0.1, 0.15) is 11.6 Å². The van der Waals surface area contributed by atoms with Crippen LogP contribution in [-0.2, 0) is 28.5 Å². The lowest BCUT2D eigenvalue weighted by atomic mass is 9.68. The molecule has 0 bridgehead atoms. The molecular weight excluding hydrogens is 802 g/mol. The monoisotopic (exact) mass is 864 g/mol. The van der Waals surface area contributed by atoms with Gasteiger partial charge in [-0.1, -0.05) is 84.9 Å². The van der Waals surface area contributed by atoms with E-state index >= 15 is 0 Å². The number of rotatable bonds is 21. The summed E-state index contributed by atoms with van der Waals surface area (Å²) in [6.45, 7) is 0.917. The number of carbonyl (C=O) groups is 1. The van der Waals surface area contributed by atoms with Crippen LogP contribution in [0.5, 0.6) is 11.5 Å². The number of carbonyl (C=O) groups excluding carboxylic acids is 1. The van der Waals surface area contributed by atoms with Crippen LogP contribution in [0.1, 0.15) is 112 Å². The zero-order valence-electron chi connectivity index (χ0n) is 35.9. The standard InChI is InChI=1S/C53H61FN2O3.2ClH/c1-58-48-34-41-35-50(52(30-10-5-11-31-52)37-55-51(39-23-24-39)40-25-26-40)56-47(46(41)36-49(48)59-2)19-13-33-53(42-14-6-3-7-15-42,43-16-8-4-9-17-43)32-12-18-45(57)29-22-38-20-27-44(54)28-21-38;;/h3-4,6-10,14-17,20-21,27-28,30,34-36,39-40,51,55H,5,11-13,18-19,22-26,29,31-33,37H2,1-2H3;2*1H. The predicted octanol–water partition coefficient (Wildman–Crippen LogP) is 12.7. The third-order valence-corrected chi connectivity index (χ3v) is 13.6. The van der Waals surface area contributed by atoms with Gasteiger partial charge in [-0.05, 0) is 148 Å². The van der Waals surface area contributed by atoms with Crippen LogP contribution in [0.25, 0.3) is 10.8 Å². The maximum Gasteiger partial charge on any atom is 0.161 e. The minimum Gasteiger partial charge on any atom is -0.493 e. The maximum absolute atomic E-state index is 13.5. The first-order chi connectivity index (χ1) is 28.9. The van der Waals surface area contributed by atoms with E-state index in [0.29, 0.717) is 31.1 Å². The van der Waals surface area contributed by atoms with Crippen LogP contribution in [0.3, 0.4) is 0 Å². The summed E-state index contributed by atoms with van der Waals surface area (Å²) in [4.78, 5) is 19.0. The molecule has 0 spiro atoms. The molecule has 8 heteroatoms. The van der Waals surface area contributed by atoms with Crippen LogP contribution >= 0.6 is 24.8 Å². The van der Waals surface area contributed by atoms with Gasteiger partial charge in [-0.3, -0.25) is 9.78 Å². The third-order valence-electron chi connectivity index (χ3n) is 13.6. The second-order valence-corrected chi connectivity index (χ2v) is 17.6. The molecule has 324 valence electrons. The van der Waals surface area contributed by atoms with Gasteiger partial charge >= 0.3 is 0 Å². The van der Waals surface area contributed by atoms with Gasteiger partial charge in [-0.2, -0.15) is 0 Å². The van der Waals surface area contributed by atoms with Gasteiger partial charge in [0.2, 0.25) is 0 Å². The van der Waals surface area contributed by atoms with Crippen molar-refractivity contribution in [2.24, 2.45) is 11.8 Å². The number of Topliss-reactive ketones (excluding diaryl/α,β-unsaturated/α-hetero) is 1. The number of fused-ring (bicyclic) bond motifs is 1. The number of nitrogens with one attached hydrogen (secondary N) is 1. The van der Waals surface area contributed by atoms with E-state index in [1.165, 1.54) is 48.9 Å². The molecule has 5 nitrogen and oxygen atoms in total. The van der Waals surface area contributed by atoms with E-state index in [9.17, 15) is 9.18 Å². The smallest absolute Gasteiger partial charge is 0.161 e. The Bertz CT molecular complexity index is 2160. The van der Waals surface area contributed by atoms with E-state index in [0.717, 1.165) is 103 Å². The van der Waals surface area contributed by atoms with E-state index in [4.69, 9.17) is 14.5 Å². The highest BCUT2D eigenvalue weighted by molar-refractivity contribution is 5.89. The van der Waals surface area contributed by atoms with Gasteiger partial charge in [-0.15, -0.1) is 24.8 Å². The molecule has 0 radical (unpaired) electrons. The number of allylic oxidation sites excluding steroid dienone is 1. The Hall–Kier alpha value is -4.23. The minimum absolute atomic E-state index is 0. The average Bonchev–Trinajstić information content (AvgIpc) is 4.23. The van der Waals surface area contributed by atoms with Crippen LogP contribution in [0.4, 0.5) is 4.39 Å². The van der Waals surface area contributed by atoms with Crippen molar-refractivity contribution in [3.8, 4) is 11.5 Å². The number of ether oxygens (including phenoxy) is 2. The van der Waals surface area contributed by atoms with Crippen molar-refractivity contribution in [1.29, 1.82) is 0 Å². The SMILES string of the molecule is COc1cc2cc(C3(CNC(C4CC4)C4CC4)C=CCCC3)nc(CCCC(CCCC(=O)CCc3ccc(F)cc3)(c3ccccc3)c3ccccc3)c2cc1OC.Cl.Cl. The predicted molar refractivity (Wildman–Crippen MR) is 251 cm³/mol. The van der Waals surface area contributed by atoms with Crippen LogP contribution in [0, 0.1) is 17.7 Å². The second-order valence-electron chi connectivity index (χ2n) is 17.6. The number of aryl methyl sites for hydroxylation is 2. The Balaban J connectivity index is 0.00000311. The summed E-state index contributed by atoms with van der Waals surface area (Å²) in [6, 6.07) is 35.5. The Labute approximate surface area is 375 Å². The lowest BCUT2D eigenvalue weighted by molar-refractivity contribution is -0.119. The minimum atomic E-state index is -0.286. The number of nitrogens with zero attached hydrogens (tertiary/aromatic N) is 1. The first-order valence-corrected chi connectivity index (χ1v) is 22.2. The van der Waals surface area contributed by atoms with Gasteiger partial charge in [0.25, 0.3) is 0 Å². The Morgan fingerprint density at radius 2 is 1.43 bits per heavy atom. The van der Waals surface area contributed by atoms with Crippen molar-refractivity contribution in [3.05, 3.63) is 149 Å². The van der Waals surface area contributed by atoms with Gasteiger partial charge in [-0.25, -0.2) is 4.39 Å². The van der Waals surface area contributed by atoms with E-state index in [2.05, 4.69) is 96.3 Å². The van der Waals surface area contributed by atoms with Gasteiger partial charge in [0.15, 0.2) is 11.5 Å². The van der Waals surface area contributed by atoms with Crippen molar-refractivity contribution < 1.29 is 18.7 Å². The molecule has 1 atom stereocenters. The summed E-state index contributed by atoms with van der Waals surface area (Å²) < 4.78 is 25.2. The van der Waals surface area contributed by atoms with Crippen molar-refractivity contribution in [2.75, 3.05) is 20.8 Å². The highest BCUT2D eigenvalue weighted by atomic mass is 35.5. The summed E-state index contributed by atoms with van der Waals surface area (Å²) in [6.07, 6.45) is 19.5. The number of ketones is 1. The fraction of sp³-hybridized carbons (Fsp3) is 0.434. The zero-order chi connectivity index (χ0) is 40.7. The van der Waals surface area contributed by atoms with Crippen molar-refractivity contribution >= 4 is 41.4 Å². The Kier molecular flexibility index (Phi) is 16.1. The molecule has 0 aliphatic heterocycles. The first-order valence-electron chi connectivity index (χ1n) is 22.2. The summed E-state index contributed by atoms with van der Waals surface area (Å²) in [5.41, 5.74) is 5.35. The molecule has 4 aromatic carbocycles. The Morgan fingerprint density at radius 3 is 2.02 bits per heavy atom. The molecule has 2 saturated carbocycles. The number of benzene rings is 4. The highest BCUT2D eigenvalue weighted by Crippen LogP contribution is 2.46. The molecule has 1 unspecified atom stereocenters. The number of halogens is 3. The lowest BCUT2D eigenvalue weighted by Crippen LogP contribution is -2.44. The topological polar surface area (TPSA) is 60.5 Å². The summed E-state index contributed by atoms with van der Waals surface area (Å²) in [7, 11) is 3.42. The fourth-order valence-electron chi connectivity index (χ4n) is 9.99. The highest BCUT2D eigenvalue weighted by Gasteiger charge is 2.43. The molecule has 3 aliphatic carbocycles. The molecule has 5 aromatic rings. The van der Waals surface area contributed by atoms with E-state index < -0.39 is 0 Å². The molecule has 1 heterocycles. The van der Waals surface area contributed by atoms with Crippen LogP contribution < -0.4 is 14.8 Å². The van der Waals surface area contributed by atoms with E-state index in [-0.39, 0.29) is 47.2 Å². The van der Waals surface area contributed by atoms with Gasteiger partial charge in [0.05, 0.1) is 19.9 Å². The fourth-order valence-corrected chi connectivity index (χ4v) is 9.99. The number of methoxy groups -OCH3 is 2. The van der Waals surface area contributed by atoms with Gasteiger partial charge < -0.3 is 14.8 Å². The lowest BCUT2D eigenvalue weighted by Gasteiger charge is -2.36. The van der Waals surface area contributed by atoms with Crippen LogP contribution in [0.15, 0.2) is 115 Å². The average molecular weight is 866 g/mol.